The molecule has 3 rings (SSSR count). The molecule has 0 spiro atoms. The second-order valence-corrected chi connectivity index (χ2v) is 8.16. The Morgan fingerprint density at radius 2 is 2.24 bits per heavy atom. The molecule has 0 radical (unpaired) electrons. The van der Waals surface area contributed by atoms with E-state index in [0.29, 0.717) is 3.92 Å². The van der Waals surface area contributed by atoms with Crippen molar-refractivity contribution in [1.82, 2.24) is 15.0 Å². The highest BCUT2D eigenvalue weighted by molar-refractivity contribution is 9.11. The normalized spacial score (nSPS) is 33.0. The van der Waals surface area contributed by atoms with Crippen LogP contribution in [0.2, 0.25) is 6.82 Å². The van der Waals surface area contributed by atoms with Crippen LogP contribution in [0.4, 0.5) is 9.52 Å². The predicted molar refractivity (Wildman–Crippen MR) is 86.4 cm³/mol. The number of hydrogen-bond donors (Lipinski definition) is 1. The molecule has 0 amide bonds. The minimum absolute atomic E-state index is 0.193. The van der Waals surface area contributed by atoms with Crippen molar-refractivity contribution in [1.29, 1.82) is 0 Å². The van der Waals surface area contributed by atoms with Gasteiger partial charge in [0.2, 0.25) is 5.13 Å². The number of anilines is 1. The van der Waals surface area contributed by atoms with Crippen molar-refractivity contribution in [2.75, 3.05) is 11.9 Å². The zero-order valence-electron chi connectivity index (χ0n) is 12.1. The highest BCUT2D eigenvalue weighted by atomic mass is 79.9. The van der Waals surface area contributed by atoms with E-state index in [2.05, 4.69) is 26.1 Å². The first kappa shape index (κ1) is 15.6. The predicted octanol–water partition coefficient (Wildman–Crippen LogP) is 2.18. The Morgan fingerprint density at radius 1 is 1.48 bits per heavy atom. The minimum Gasteiger partial charge on any atom is -0.437 e. The molecule has 21 heavy (non-hydrogen) atoms. The second kappa shape index (κ2) is 6.10. The summed E-state index contributed by atoms with van der Waals surface area (Å²) >= 11 is 4.72. The molecule has 2 aliphatic heterocycles. The molecule has 2 aliphatic rings. The van der Waals surface area contributed by atoms with Crippen LogP contribution < -0.4 is 4.90 Å². The van der Waals surface area contributed by atoms with Crippen molar-refractivity contribution < 1.29 is 9.41 Å². The van der Waals surface area contributed by atoms with Crippen LogP contribution in [0.5, 0.6) is 0 Å². The van der Waals surface area contributed by atoms with Crippen LogP contribution in [0.3, 0.4) is 0 Å². The Hall–Kier alpha value is -0.245. The maximum absolute atomic E-state index is 15.0. The summed E-state index contributed by atoms with van der Waals surface area (Å²) in [6.07, 6.45) is 2.62. The number of alkyl halides is 1. The fourth-order valence-corrected chi connectivity index (χ4v) is 4.90. The molecule has 9 heteroatoms. The Morgan fingerprint density at radius 3 is 2.86 bits per heavy atom. The molecule has 0 saturated carbocycles. The van der Waals surface area contributed by atoms with Crippen molar-refractivity contribution in [3.8, 4) is 0 Å². The first-order chi connectivity index (χ1) is 9.99. The summed E-state index contributed by atoms with van der Waals surface area (Å²) in [7, 11) is 1.30. The SMILES string of the molecule is CB(O)N1C2CCCC1[C@@H](F)[C@@H](N(C)c1nnc(Br)s1)C2. The molecule has 2 unspecified atom stereocenters. The van der Waals surface area contributed by atoms with Crippen LogP contribution in [0.25, 0.3) is 0 Å². The van der Waals surface area contributed by atoms with Gasteiger partial charge in [-0.15, -0.1) is 10.2 Å². The summed E-state index contributed by atoms with van der Waals surface area (Å²) in [4.78, 5) is 3.88. The minimum atomic E-state index is -0.983. The summed E-state index contributed by atoms with van der Waals surface area (Å²) in [6.45, 7) is 1.74. The number of hydrogen-bond acceptors (Lipinski definition) is 6. The number of piperidine rings is 2. The molecule has 3 heterocycles. The molecule has 0 aliphatic carbocycles. The lowest BCUT2D eigenvalue weighted by atomic mass is 9.70. The summed E-state index contributed by atoms with van der Waals surface area (Å²) in [5.74, 6) is 0. The van der Waals surface area contributed by atoms with Crippen LogP contribution in [0, 0.1) is 0 Å². The van der Waals surface area contributed by atoms with E-state index >= 15 is 4.39 Å². The van der Waals surface area contributed by atoms with Crippen molar-refractivity contribution >= 4 is 39.4 Å². The van der Waals surface area contributed by atoms with Gasteiger partial charge in [-0.2, -0.15) is 0 Å². The van der Waals surface area contributed by atoms with Crippen molar-refractivity contribution in [2.45, 2.75) is 56.8 Å². The zero-order chi connectivity index (χ0) is 15.1. The Balaban J connectivity index is 1.82. The number of halogens is 2. The van der Waals surface area contributed by atoms with Gasteiger partial charge in [-0.3, -0.25) is 0 Å². The molecule has 5 nitrogen and oxygen atoms in total. The van der Waals surface area contributed by atoms with Gasteiger partial charge in [0, 0.05) is 19.1 Å². The third kappa shape index (κ3) is 2.85. The fourth-order valence-electron chi connectivity index (χ4n) is 3.80. The number of aromatic nitrogens is 2. The third-order valence-corrected chi connectivity index (χ3v) is 6.16. The maximum Gasteiger partial charge on any atom is 0.376 e. The monoisotopic (exact) mass is 376 g/mol. The molecule has 1 aromatic heterocycles. The van der Waals surface area contributed by atoms with Crippen LogP contribution in [0.1, 0.15) is 25.7 Å². The van der Waals surface area contributed by atoms with Gasteiger partial charge in [0.25, 0.3) is 0 Å². The Kier molecular flexibility index (Phi) is 4.54. The molecule has 116 valence electrons. The van der Waals surface area contributed by atoms with Crippen LogP contribution in [0.15, 0.2) is 3.92 Å². The average molecular weight is 377 g/mol. The molecule has 2 bridgehead atoms. The number of fused-ring (bicyclic) bond motifs is 2. The Bertz CT molecular complexity index is 507. The molecule has 4 atom stereocenters. The standard InChI is InChI=1S/C12H19BBrFN4OS/c1-13(20)19-7-4-3-5-8(19)10(15)9(6-7)18(2)12-17-16-11(14)21-12/h7-10,20H,3-6H2,1-2H3/t7?,8?,9-,10+/m0/s1. The van der Waals surface area contributed by atoms with E-state index < -0.39 is 13.2 Å². The average Bonchev–Trinajstić information content (AvgIpc) is 2.88. The van der Waals surface area contributed by atoms with Gasteiger partial charge in [-0.05, 0) is 42.0 Å². The molecular weight excluding hydrogens is 358 g/mol. The third-order valence-electron chi connectivity index (χ3n) is 4.71. The smallest absolute Gasteiger partial charge is 0.376 e. The van der Waals surface area contributed by atoms with E-state index in [1.807, 2.05) is 16.8 Å². The lowest BCUT2D eigenvalue weighted by Crippen LogP contribution is -2.66. The first-order valence-electron chi connectivity index (χ1n) is 7.30. The van der Waals surface area contributed by atoms with Crippen molar-refractivity contribution in [2.24, 2.45) is 0 Å². The molecule has 2 saturated heterocycles. The van der Waals surface area contributed by atoms with Crippen LogP contribution in [-0.4, -0.2) is 58.4 Å². The summed E-state index contributed by atoms with van der Waals surface area (Å²) in [5.41, 5.74) is 0. The second-order valence-electron chi connectivity index (χ2n) is 5.93. The summed E-state index contributed by atoms with van der Waals surface area (Å²) in [5, 5.41) is 18.7. The highest BCUT2D eigenvalue weighted by Gasteiger charge is 2.49. The van der Waals surface area contributed by atoms with Gasteiger partial charge in [0.15, 0.2) is 3.92 Å². The summed E-state index contributed by atoms with van der Waals surface area (Å²) < 4.78 is 15.7. The molecule has 2 fully saturated rings. The lowest BCUT2D eigenvalue weighted by Gasteiger charge is -2.52. The van der Waals surface area contributed by atoms with Crippen LogP contribution in [-0.2, 0) is 0 Å². The maximum atomic E-state index is 15.0. The molecule has 1 N–H and O–H groups in total. The van der Waals surface area contributed by atoms with Gasteiger partial charge in [0.1, 0.15) is 6.17 Å². The first-order valence-corrected chi connectivity index (χ1v) is 8.91. The van der Waals surface area contributed by atoms with Gasteiger partial charge in [-0.1, -0.05) is 17.8 Å². The molecular formula is C12H19BBrFN4OS. The largest absolute Gasteiger partial charge is 0.437 e. The van der Waals surface area contributed by atoms with Gasteiger partial charge in [0.05, 0.1) is 6.04 Å². The van der Waals surface area contributed by atoms with E-state index in [1.165, 1.54) is 11.3 Å². The van der Waals surface area contributed by atoms with Gasteiger partial charge < -0.3 is 14.7 Å². The van der Waals surface area contributed by atoms with E-state index in [9.17, 15) is 5.02 Å². The summed E-state index contributed by atoms with van der Waals surface area (Å²) in [6, 6.07) is -0.143. The molecule has 1 aromatic rings. The molecule has 0 aromatic carbocycles. The van der Waals surface area contributed by atoms with Crippen molar-refractivity contribution in [3.05, 3.63) is 3.92 Å². The van der Waals surface area contributed by atoms with Crippen molar-refractivity contribution in [3.63, 3.8) is 0 Å². The van der Waals surface area contributed by atoms with Crippen LogP contribution >= 0.6 is 27.3 Å². The van der Waals surface area contributed by atoms with E-state index in [0.717, 1.165) is 30.8 Å². The topological polar surface area (TPSA) is 52.5 Å². The van der Waals surface area contributed by atoms with Gasteiger partial charge >= 0.3 is 7.05 Å². The fraction of sp³-hybridized carbons (Fsp3) is 0.833. The zero-order valence-corrected chi connectivity index (χ0v) is 14.5. The van der Waals surface area contributed by atoms with E-state index in [1.54, 1.807) is 6.82 Å². The Labute approximate surface area is 136 Å². The van der Waals surface area contributed by atoms with Gasteiger partial charge in [-0.25, -0.2) is 4.39 Å². The highest BCUT2D eigenvalue weighted by Crippen LogP contribution is 2.39. The quantitative estimate of drug-likeness (QED) is 0.819. The van der Waals surface area contributed by atoms with E-state index in [-0.39, 0.29) is 18.1 Å². The number of rotatable bonds is 3. The number of nitrogens with zero attached hydrogens (tertiary/aromatic N) is 4. The van der Waals surface area contributed by atoms with E-state index in [4.69, 9.17) is 0 Å². The lowest BCUT2D eigenvalue weighted by molar-refractivity contribution is 0.0204.